The summed E-state index contributed by atoms with van der Waals surface area (Å²) in [6.07, 6.45) is 0. The predicted octanol–water partition coefficient (Wildman–Crippen LogP) is 4.77. The molecule has 8 heteroatoms. The molecule has 0 aliphatic carbocycles. The molecule has 6 nitrogen and oxygen atoms in total. The molecule has 0 atom stereocenters. The lowest BCUT2D eigenvalue weighted by molar-refractivity contribution is 0.0977. The van der Waals surface area contributed by atoms with Crippen molar-refractivity contribution in [3.8, 4) is 17.2 Å². The summed E-state index contributed by atoms with van der Waals surface area (Å²) in [6.45, 7) is 0. The van der Waals surface area contributed by atoms with E-state index >= 15 is 0 Å². The number of ether oxygens (including phenoxy) is 1. The Kier molecular flexibility index (Phi) is 5.40. The number of nitrogens with zero attached hydrogens (tertiary/aromatic N) is 1. The van der Waals surface area contributed by atoms with Crippen LogP contribution >= 0.6 is 12.2 Å². The maximum absolute atomic E-state index is 13.0. The van der Waals surface area contributed by atoms with Crippen LogP contribution in [0, 0.1) is 5.82 Å². The van der Waals surface area contributed by atoms with Crippen LogP contribution in [0.15, 0.2) is 71.1 Å². The van der Waals surface area contributed by atoms with Crippen LogP contribution in [0.5, 0.6) is 5.75 Å². The first-order valence-electron chi connectivity index (χ1n) is 8.95. The molecule has 3 aromatic carbocycles. The number of rotatable bonds is 4. The molecule has 1 aromatic heterocycles. The summed E-state index contributed by atoms with van der Waals surface area (Å²) >= 11 is 5.21. The second-order valence-corrected chi connectivity index (χ2v) is 6.76. The Balaban J connectivity index is 1.48. The van der Waals surface area contributed by atoms with Gasteiger partial charge in [-0.3, -0.25) is 10.1 Å². The van der Waals surface area contributed by atoms with E-state index in [1.54, 1.807) is 37.4 Å². The third kappa shape index (κ3) is 4.28. The standard InChI is InChI=1S/C22H16FN3O3S/c1-28-17-9-10-19-18(12-17)25-21(29-19)14-3-2-4-16(11-14)24-22(30)26-20(27)13-5-7-15(23)8-6-13/h2-12H,1H3,(H2,24,26,27,30). The van der Waals surface area contributed by atoms with E-state index in [9.17, 15) is 9.18 Å². The van der Waals surface area contributed by atoms with Crippen molar-refractivity contribution in [3.63, 3.8) is 0 Å². The van der Waals surface area contributed by atoms with Crippen molar-refractivity contribution < 1.29 is 18.3 Å². The highest BCUT2D eigenvalue weighted by atomic mass is 32.1. The number of amides is 1. The molecule has 1 amide bonds. The van der Waals surface area contributed by atoms with E-state index in [0.717, 1.165) is 5.56 Å². The van der Waals surface area contributed by atoms with Crippen LogP contribution in [0.25, 0.3) is 22.6 Å². The van der Waals surface area contributed by atoms with Crippen molar-refractivity contribution in [1.29, 1.82) is 0 Å². The minimum atomic E-state index is -0.434. The van der Waals surface area contributed by atoms with Crippen molar-refractivity contribution in [2.45, 2.75) is 0 Å². The third-order valence-corrected chi connectivity index (χ3v) is 4.50. The SMILES string of the molecule is COc1ccc2oc(-c3cccc(NC(=S)NC(=O)c4ccc(F)cc4)c3)nc2c1. The molecule has 0 aliphatic heterocycles. The van der Waals surface area contributed by atoms with Gasteiger partial charge >= 0.3 is 0 Å². The fourth-order valence-corrected chi connectivity index (χ4v) is 3.04. The molecule has 0 unspecified atom stereocenters. The van der Waals surface area contributed by atoms with Crippen LogP contribution in [0.1, 0.15) is 10.4 Å². The van der Waals surface area contributed by atoms with Crippen molar-refractivity contribution >= 4 is 40.0 Å². The minimum absolute atomic E-state index is 0.115. The molecule has 0 spiro atoms. The average molecular weight is 421 g/mol. The average Bonchev–Trinajstić information content (AvgIpc) is 3.17. The minimum Gasteiger partial charge on any atom is -0.497 e. The third-order valence-electron chi connectivity index (χ3n) is 4.30. The van der Waals surface area contributed by atoms with Gasteiger partial charge in [0.2, 0.25) is 5.89 Å². The zero-order valence-electron chi connectivity index (χ0n) is 15.8. The zero-order valence-corrected chi connectivity index (χ0v) is 16.6. The first-order chi connectivity index (χ1) is 14.5. The van der Waals surface area contributed by atoms with E-state index in [2.05, 4.69) is 15.6 Å². The zero-order chi connectivity index (χ0) is 21.1. The lowest BCUT2D eigenvalue weighted by Gasteiger charge is -2.10. The molecule has 0 radical (unpaired) electrons. The van der Waals surface area contributed by atoms with E-state index < -0.39 is 11.7 Å². The lowest BCUT2D eigenvalue weighted by Crippen LogP contribution is -2.34. The molecule has 1 heterocycles. The van der Waals surface area contributed by atoms with Gasteiger partial charge in [-0.25, -0.2) is 9.37 Å². The van der Waals surface area contributed by atoms with E-state index in [1.807, 2.05) is 12.1 Å². The Labute approximate surface area is 176 Å². The number of anilines is 1. The smallest absolute Gasteiger partial charge is 0.257 e. The Hall–Kier alpha value is -3.78. The molecule has 0 saturated heterocycles. The quantitative estimate of drug-likeness (QED) is 0.463. The van der Waals surface area contributed by atoms with E-state index in [-0.39, 0.29) is 5.11 Å². The molecule has 4 rings (SSSR count). The number of benzene rings is 3. The number of nitrogens with one attached hydrogen (secondary N) is 2. The van der Waals surface area contributed by atoms with Crippen molar-refractivity contribution in [2.75, 3.05) is 12.4 Å². The van der Waals surface area contributed by atoms with Crippen molar-refractivity contribution in [3.05, 3.63) is 78.1 Å². The van der Waals surface area contributed by atoms with Gasteiger partial charge in [0.1, 0.15) is 17.1 Å². The number of oxazole rings is 1. The molecule has 4 aromatic rings. The van der Waals surface area contributed by atoms with E-state index in [4.69, 9.17) is 21.4 Å². The summed E-state index contributed by atoms with van der Waals surface area (Å²) < 4.78 is 24.0. The Morgan fingerprint density at radius 1 is 1.10 bits per heavy atom. The van der Waals surface area contributed by atoms with Crippen LogP contribution in [0.2, 0.25) is 0 Å². The van der Waals surface area contributed by atoms with Crippen LogP contribution in [-0.4, -0.2) is 23.1 Å². The highest BCUT2D eigenvalue weighted by molar-refractivity contribution is 7.80. The van der Waals surface area contributed by atoms with Crippen LogP contribution in [0.3, 0.4) is 0 Å². The molecule has 0 aliphatic rings. The molecule has 2 N–H and O–H groups in total. The van der Waals surface area contributed by atoms with Gasteiger partial charge in [0, 0.05) is 22.9 Å². The Bertz CT molecular complexity index is 1240. The van der Waals surface area contributed by atoms with Crippen LogP contribution in [-0.2, 0) is 0 Å². The number of halogens is 1. The molecule has 0 bridgehead atoms. The molecule has 30 heavy (non-hydrogen) atoms. The molecular weight excluding hydrogens is 405 g/mol. The Morgan fingerprint density at radius 2 is 1.90 bits per heavy atom. The first-order valence-corrected chi connectivity index (χ1v) is 9.35. The molecular formula is C22H16FN3O3S. The fraction of sp³-hybridized carbons (Fsp3) is 0.0455. The summed E-state index contributed by atoms with van der Waals surface area (Å²) in [5, 5.41) is 5.63. The van der Waals surface area contributed by atoms with Crippen molar-refractivity contribution in [2.24, 2.45) is 0 Å². The monoisotopic (exact) mass is 421 g/mol. The van der Waals surface area contributed by atoms with Gasteiger partial charge < -0.3 is 14.5 Å². The highest BCUT2D eigenvalue weighted by Crippen LogP contribution is 2.28. The lowest BCUT2D eigenvalue weighted by atomic mass is 10.2. The molecule has 0 saturated carbocycles. The van der Waals surface area contributed by atoms with Gasteiger partial charge in [0.05, 0.1) is 7.11 Å². The van der Waals surface area contributed by atoms with Crippen LogP contribution in [0.4, 0.5) is 10.1 Å². The largest absolute Gasteiger partial charge is 0.497 e. The topological polar surface area (TPSA) is 76.4 Å². The fourth-order valence-electron chi connectivity index (χ4n) is 2.83. The van der Waals surface area contributed by atoms with E-state index in [0.29, 0.717) is 34.0 Å². The van der Waals surface area contributed by atoms with Gasteiger partial charge in [-0.15, -0.1) is 0 Å². The second kappa shape index (κ2) is 8.30. The summed E-state index contributed by atoms with van der Waals surface area (Å²) in [5.74, 6) is 0.293. The van der Waals surface area contributed by atoms with Crippen LogP contribution < -0.4 is 15.4 Å². The number of hydrogen-bond donors (Lipinski definition) is 2. The van der Waals surface area contributed by atoms with Gasteiger partial charge in [-0.05, 0) is 66.8 Å². The number of carbonyl (C=O) groups is 1. The summed E-state index contributed by atoms with van der Waals surface area (Å²) in [7, 11) is 1.59. The van der Waals surface area contributed by atoms with Crippen molar-refractivity contribution in [1.82, 2.24) is 10.3 Å². The number of hydrogen-bond acceptors (Lipinski definition) is 5. The number of thiocarbonyl (C=S) groups is 1. The van der Waals surface area contributed by atoms with Gasteiger partial charge in [0.25, 0.3) is 5.91 Å². The number of fused-ring (bicyclic) bond motifs is 1. The maximum Gasteiger partial charge on any atom is 0.257 e. The van der Waals surface area contributed by atoms with Gasteiger partial charge in [-0.1, -0.05) is 6.07 Å². The van der Waals surface area contributed by atoms with Gasteiger partial charge in [0.15, 0.2) is 10.7 Å². The number of carbonyl (C=O) groups excluding carboxylic acids is 1. The summed E-state index contributed by atoms with van der Waals surface area (Å²) in [6, 6.07) is 17.9. The second-order valence-electron chi connectivity index (χ2n) is 6.35. The highest BCUT2D eigenvalue weighted by Gasteiger charge is 2.11. The van der Waals surface area contributed by atoms with Gasteiger partial charge in [-0.2, -0.15) is 0 Å². The number of aromatic nitrogens is 1. The summed E-state index contributed by atoms with van der Waals surface area (Å²) in [4.78, 5) is 16.7. The summed E-state index contributed by atoms with van der Waals surface area (Å²) in [5.41, 5.74) is 3.02. The normalized spacial score (nSPS) is 10.6. The molecule has 150 valence electrons. The first kappa shape index (κ1) is 19.5. The Morgan fingerprint density at radius 3 is 2.67 bits per heavy atom. The predicted molar refractivity (Wildman–Crippen MR) is 116 cm³/mol. The number of methoxy groups -OCH3 is 1. The molecule has 0 fully saturated rings. The maximum atomic E-state index is 13.0. The van der Waals surface area contributed by atoms with E-state index in [1.165, 1.54) is 24.3 Å².